The minimum atomic E-state index is 0.184. The van der Waals surface area contributed by atoms with Gasteiger partial charge in [0.2, 0.25) is 5.78 Å². The molecule has 0 amide bonds. The van der Waals surface area contributed by atoms with Crippen LogP contribution in [0.5, 0.6) is 0 Å². The Bertz CT molecular complexity index is 552. The predicted octanol–water partition coefficient (Wildman–Crippen LogP) is 3.60. The largest absolute Gasteiger partial charge is 0.457 e. The van der Waals surface area contributed by atoms with E-state index in [4.69, 9.17) is 9.68 Å². The summed E-state index contributed by atoms with van der Waals surface area (Å²) in [5.41, 5.74) is 0. The summed E-state index contributed by atoms with van der Waals surface area (Å²) in [5, 5.41) is 8.69. The number of rotatable bonds is 3. The molecule has 3 nitrogen and oxygen atoms in total. The summed E-state index contributed by atoms with van der Waals surface area (Å²) in [6.45, 7) is 0. The van der Waals surface area contributed by atoms with Gasteiger partial charge < -0.3 is 4.42 Å². The van der Waals surface area contributed by atoms with E-state index in [1.165, 1.54) is 32.1 Å². The Morgan fingerprint density at radius 2 is 1.80 bits per heavy atom. The Morgan fingerprint density at radius 3 is 2.40 bits per heavy atom. The fraction of sp³-hybridized carbons (Fsp3) is 0.647. The average molecular weight is 269 g/mol. The van der Waals surface area contributed by atoms with Crippen LogP contribution in [-0.2, 0) is 6.42 Å². The molecule has 0 saturated heterocycles. The minimum Gasteiger partial charge on any atom is -0.457 e. The van der Waals surface area contributed by atoms with E-state index in [0.717, 1.165) is 11.8 Å². The van der Waals surface area contributed by atoms with Gasteiger partial charge in [-0.05, 0) is 67.9 Å². The van der Waals surface area contributed by atoms with Crippen LogP contribution in [0, 0.1) is 40.9 Å². The second kappa shape index (κ2) is 4.48. The second-order valence-electron chi connectivity index (χ2n) is 6.92. The predicted molar refractivity (Wildman–Crippen MR) is 72.9 cm³/mol. The molecule has 0 aromatic carbocycles. The van der Waals surface area contributed by atoms with Crippen molar-refractivity contribution in [3.05, 3.63) is 23.7 Å². The number of nitriles is 1. The molecular formula is C17H19NO2. The molecule has 104 valence electrons. The number of Topliss-reactive ketones (excluding diaryl/α,β-unsaturated/α-hetero) is 1. The van der Waals surface area contributed by atoms with E-state index in [-0.39, 0.29) is 18.1 Å². The maximum absolute atomic E-state index is 12.8. The molecule has 20 heavy (non-hydrogen) atoms. The maximum Gasteiger partial charge on any atom is 0.201 e. The molecule has 1 aromatic heterocycles. The van der Waals surface area contributed by atoms with Crippen molar-refractivity contribution in [1.29, 1.82) is 5.26 Å². The molecule has 4 aliphatic carbocycles. The first kappa shape index (κ1) is 12.2. The van der Waals surface area contributed by atoms with Gasteiger partial charge in [-0.3, -0.25) is 4.79 Å². The fourth-order valence-corrected chi connectivity index (χ4v) is 5.20. The van der Waals surface area contributed by atoms with E-state index < -0.39 is 0 Å². The summed E-state index contributed by atoms with van der Waals surface area (Å²) in [5.74, 6) is 4.41. The lowest BCUT2D eigenvalue weighted by Crippen LogP contribution is -2.47. The number of furan rings is 1. The highest BCUT2D eigenvalue weighted by Crippen LogP contribution is 2.57. The van der Waals surface area contributed by atoms with Crippen LogP contribution in [0.15, 0.2) is 16.5 Å². The van der Waals surface area contributed by atoms with Gasteiger partial charge in [0, 0.05) is 5.92 Å². The van der Waals surface area contributed by atoms with Crippen LogP contribution in [-0.4, -0.2) is 5.78 Å². The van der Waals surface area contributed by atoms with Gasteiger partial charge in [0.05, 0.1) is 12.5 Å². The van der Waals surface area contributed by atoms with E-state index in [1.54, 1.807) is 12.1 Å². The molecule has 0 spiro atoms. The maximum atomic E-state index is 12.8. The van der Waals surface area contributed by atoms with Crippen LogP contribution < -0.4 is 0 Å². The third-order valence-corrected chi connectivity index (χ3v) is 5.69. The lowest BCUT2D eigenvalue weighted by Gasteiger charge is -2.53. The summed E-state index contributed by atoms with van der Waals surface area (Å²) in [6.07, 6.45) is 6.63. The summed E-state index contributed by atoms with van der Waals surface area (Å²) in [6, 6.07) is 5.60. The quantitative estimate of drug-likeness (QED) is 0.788. The molecule has 0 unspecified atom stereocenters. The summed E-state index contributed by atoms with van der Waals surface area (Å²) in [4.78, 5) is 12.8. The molecular weight excluding hydrogens is 250 g/mol. The topological polar surface area (TPSA) is 54.0 Å². The average Bonchev–Trinajstić information content (AvgIpc) is 2.86. The Kier molecular flexibility index (Phi) is 2.73. The summed E-state index contributed by atoms with van der Waals surface area (Å²) in [7, 11) is 0. The molecule has 1 heterocycles. The molecule has 0 atom stereocenters. The van der Waals surface area contributed by atoms with Gasteiger partial charge in [-0.15, -0.1) is 0 Å². The number of nitrogens with zero attached hydrogens (tertiary/aromatic N) is 1. The summed E-state index contributed by atoms with van der Waals surface area (Å²) >= 11 is 0. The van der Waals surface area contributed by atoms with Gasteiger partial charge in [-0.25, -0.2) is 0 Å². The Labute approximate surface area is 119 Å². The molecule has 0 aliphatic heterocycles. The molecule has 4 fully saturated rings. The molecule has 3 heteroatoms. The van der Waals surface area contributed by atoms with E-state index in [9.17, 15) is 4.79 Å². The Morgan fingerprint density at radius 1 is 1.15 bits per heavy atom. The first-order valence-corrected chi connectivity index (χ1v) is 7.74. The van der Waals surface area contributed by atoms with Crippen LogP contribution in [0.25, 0.3) is 0 Å². The van der Waals surface area contributed by atoms with Gasteiger partial charge in [-0.1, -0.05) is 0 Å². The zero-order valence-corrected chi connectivity index (χ0v) is 11.5. The zero-order chi connectivity index (χ0) is 13.7. The lowest BCUT2D eigenvalue weighted by molar-refractivity contribution is -0.0261. The number of hydrogen-bond donors (Lipinski definition) is 0. The van der Waals surface area contributed by atoms with Crippen LogP contribution in [0.4, 0.5) is 0 Å². The summed E-state index contributed by atoms with van der Waals surface area (Å²) < 4.78 is 5.57. The van der Waals surface area contributed by atoms with Crippen molar-refractivity contribution in [2.45, 2.75) is 38.5 Å². The zero-order valence-electron chi connectivity index (χ0n) is 11.5. The third-order valence-electron chi connectivity index (χ3n) is 5.69. The monoisotopic (exact) mass is 269 g/mol. The van der Waals surface area contributed by atoms with Crippen molar-refractivity contribution in [3.8, 4) is 6.07 Å². The van der Waals surface area contributed by atoms with Crippen molar-refractivity contribution in [2.24, 2.45) is 29.6 Å². The van der Waals surface area contributed by atoms with Gasteiger partial charge in [0.25, 0.3) is 0 Å². The van der Waals surface area contributed by atoms with Gasteiger partial charge in [-0.2, -0.15) is 5.26 Å². The Hall–Kier alpha value is -1.56. The van der Waals surface area contributed by atoms with Crippen molar-refractivity contribution in [2.75, 3.05) is 0 Å². The third kappa shape index (κ3) is 1.82. The van der Waals surface area contributed by atoms with Gasteiger partial charge in [0.15, 0.2) is 5.76 Å². The highest BCUT2D eigenvalue weighted by atomic mass is 16.3. The lowest BCUT2D eigenvalue weighted by atomic mass is 9.51. The van der Waals surface area contributed by atoms with Crippen LogP contribution in [0.2, 0.25) is 0 Å². The van der Waals surface area contributed by atoms with Gasteiger partial charge in [0.1, 0.15) is 5.76 Å². The molecule has 5 rings (SSSR count). The Balaban J connectivity index is 1.57. The highest BCUT2D eigenvalue weighted by Gasteiger charge is 2.51. The van der Waals surface area contributed by atoms with Crippen LogP contribution in [0.3, 0.4) is 0 Å². The number of carbonyl (C=O) groups is 1. The van der Waals surface area contributed by atoms with E-state index in [2.05, 4.69) is 6.07 Å². The molecule has 0 radical (unpaired) electrons. The van der Waals surface area contributed by atoms with E-state index in [0.29, 0.717) is 23.4 Å². The molecule has 0 N–H and O–H groups in total. The SMILES string of the molecule is N#CCc1ccc(C(=O)C2C3CC4CC(C3)CC2C4)o1. The van der Waals surface area contributed by atoms with Crippen LogP contribution >= 0.6 is 0 Å². The standard InChI is InChI=1S/C17H19NO2/c18-4-3-14-1-2-15(20-14)17(19)16-12-6-10-5-11(8-12)9-13(16)7-10/h1-2,10-13,16H,3,5-9H2. The first-order chi connectivity index (χ1) is 9.74. The first-order valence-electron chi connectivity index (χ1n) is 7.74. The van der Waals surface area contributed by atoms with E-state index in [1.807, 2.05) is 0 Å². The van der Waals surface area contributed by atoms with Crippen molar-refractivity contribution < 1.29 is 9.21 Å². The molecule has 4 bridgehead atoms. The molecule has 4 saturated carbocycles. The normalized spacial score (nSPS) is 37.9. The number of ketones is 1. The molecule has 1 aromatic rings. The smallest absolute Gasteiger partial charge is 0.201 e. The number of carbonyl (C=O) groups excluding carboxylic acids is 1. The fourth-order valence-electron chi connectivity index (χ4n) is 5.20. The highest BCUT2D eigenvalue weighted by molar-refractivity contribution is 5.96. The van der Waals surface area contributed by atoms with Gasteiger partial charge >= 0.3 is 0 Å². The second-order valence-corrected chi connectivity index (χ2v) is 6.92. The number of hydrogen-bond acceptors (Lipinski definition) is 3. The minimum absolute atomic E-state index is 0.184. The van der Waals surface area contributed by atoms with Crippen molar-refractivity contribution in [3.63, 3.8) is 0 Å². The molecule has 4 aliphatic rings. The van der Waals surface area contributed by atoms with E-state index >= 15 is 0 Å². The van der Waals surface area contributed by atoms with Crippen molar-refractivity contribution >= 4 is 5.78 Å². The van der Waals surface area contributed by atoms with Crippen molar-refractivity contribution in [1.82, 2.24) is 0 Å². The van der Waals surface area contributed by atoms with Crippen LogP contribution in [0.1, 0.15) is 48.4 Å².